The topological polar surface area (TPSA) is 65.9 Å². The van der Waals surface area contributed by atoms with Gasteiger partial charge in [0.05, 0.1) is 6.07 Å². The zero-order valence-corrected chi connectivity index (χ0v) is 11.4. The summed E-state index contributed by atoms with van der Waals surface area (Å²) >= 11 is 0. The normalized spacial score (nSPS) is 16.0. The van der Waals surface area contributed by atoms with Gasteiger partial charge in [0.1, 0.15) is 5.54 Å². The average Bonchev–Trinajstić information content (AvgIpc) is 2.36. The van der Waals surface area contributed by atoms with E-state index >= 15 is 0 Å². The molecule has 0 aliphatic carbocycles. The summed E-state index contributed by atoms with van der Waals surface area (Å²) in [5, 5.41) is 8.93. The first-order chi connectivity index (χ1) is 8.44. The van der Waals surface area contributed by atoms with Gasteiger partial charge in [-0.15, -0.1) is 0 Å². The van der Waals surface area contributed by atoms with Gasteiger partial charge in [-0.25, -0.2) is 0 Å². The van der Waals surface area contributed by atoms with Gasteiger partial charge in [-0.2, -0.15) is 5.26 Å². The predicted molar refractivity (Wildman–Crippen MR) is 72.9 cm³/mol. The minimum absolute atomic E-state index is 0.281. The zero-order valence-electron chi connectivity index (χ0n) is 11.4. The molecule has 2 unspecified atom stereocenters. The van der Waals surface area contributed by atoms with E-state index in [1.54, 1.807) is 6.92 Å². The molecule has 0 fully saturated rings. The van der Waals surface area contributed by atoms with Gasteiger partial charge in [0.25, 0.3) is 0 Å². The maximum Gasteiger partial charge on any atom is 0.102 e. The Morgan fingerprint density at radius 1 is 1.56 bits per heavy atom. The Bertz CT molecular complexity index is 394. The van der Waals surface area contributed by atoms with Crippen molar-refractivity contribution in [2.75, 3.05) is 13.6 Å². The minimum Gasteiger partial charge on any atom is -0.314 e. The summed E-state index contributed by atoms with van der Waals surface area (Å²) in [7, 11) is 2.06. The summed E-state index contributed by atoms with van der Waals surface area (Å²) in [6.07, 6.45) is 3.39. The van der Waals surface area contributed by atoms with Gasteiger partial charge in [-0.1, -0.05) is 6.07 Å². The van der Waals surface area contributed by atoms with Crippen molar-refractivity contribution >= 4 is 0 Å². The highest BCUT2D eigenvalue weighted by Gasteiger charge is 2.23. The molecule has 4 heteroatoms. The van der Waals surface area contributed by atoms with Gasteiger partial charge in [-0.3, -0.25) is 4.98 Å². The molecule has 1 heterocycles. The van der Waals surface area contributed by atoms with Gasteiger partial charge in [0.2, 0.25) is 0 Å². The zero-order chi connectivity index (χ0) is 13.6. The van der Waals surface area contributed by atoms with Crippen LogP contribution in [0.15, 0.2) is 24.4 Å². The van der Waals surface area contributed by atoms with Gasteiger partial charge in [-0.05, 0) is 39.4 Å². The summed E-state index contributed by atoms with van der Waals surface area (Å²) in [6.45, 7) is 4.79. The summed E-state index contributed by atoms with van der Waals surface area (Å²) < 4.78 is 0. The van der Waals surface area contributed by atoms with Crippen LogP contribution in [0.4, 0.5) is 0 Å². The van der Waals surface area contributed by atoms with Crippen molar-refractivity contribution in [3.8, 4) is 6.07 Å². The summed E-state index contributed by atoms with van der Waals surface area (Å²) in [5.74, 6) is 0. The fourth-order valence-corrected chi connectivity index (χ4v) is 1.87. The molecule has 1 aromatic rings. The van der Waals surface area contributed by atoms with E-state index in [0.29, 0.717) is 6.42 Å². The fourth-order valence-electron chi connectivity index (χ4n) is 1.87. The third kappa shape index (κ3) is 4.82. The average molecular weight is 246 g/mol. The smallest absolute Gasteiger partial charge is 0.102 e. The Kier molecular flexibility index (Phi) is 5.26. The molecule has 2 N–H and O–H groups in total. The van der Waals surface area contributed by atoms with Gasteiger partial charge in [0.15, 0.2) is 0 Å². The van der Waals surface area contributed by atoms with Gasteiger partial charge < -0.3 is 10.6 Å². The number of hydrogen-bond donors (Lipinski definition) is 1. The Morgan fingerprint density at radius 2 is 2.28 bits per heavy atom. The second-order valence-electron chi connectivity index (χ2n) is 5.13. The number of nitriles is 1. The van der Waals surface area contributed by atoms with Crippen molar-refractivity contribution in [3.63, 3.8) is 0 Å². The number of pyridine rings is 1. The predicted octanol–water partition coefficient (Wildman–Crippen LogP) is 1.58. The lowest BCUT2D eigenvalue weighted by Crippen LogP contribution is -2.43. The molecule has 18 heavy (non-hydrogen) atoms. The van der Waals surface area contributed by atoms with Crippen molar-refractivity contribution in [2.24, 2.45) is 5.73 Å². The van der Waals surface area contributed by atoms with Crippen LogP contribution in [0, 0.1) is 11.3 Å². The molecular weight excluding hydrogens is 224 g/mol. The SMILES string of the molecule is CC(CC(C)(N)C#N)N(C)CCc1ccccn1. The number of aromatic nitrogens is 1. The molecule has 0 aliphatic rings. The van der Waals surface area contributed by atoms with E-state index in [1.807, 2.05) is 24.4 Å². The molecule has 0 bridgehead atoms. The largest absolute Gasteiger partial charge is 0.314 e. The van der Waals surface area contributed by atoms with Crippen LogP contribution in [0.1, 0.15) is 26.0 Å². The Hall–Kier alpha value is -1.44. The monoisotopic (exact) mass is 246 g/mol. The molecule has 4 nitrogen and oxygen atoms in total. The first-order valence-corrected chi connectivity index (χ1v) is 6.25. The lowest BCUT2D eigenvalue weighted by atomic mass is 9.96. The minimum atomic E-state index is -0.751. The number of likely N-dealkylation sites (N-methyl/N-ethyl adjacent to an activating group) is 1. The Labute approximate surface area is 109 Å². The highest BCUT2D eigenvalue weighted by Crippen LogP contribution is 2.12. The van der Waals surface area contributed by atoms with E-state index in [9.17, 15) is 0 Å². The molecule has 2 atom stereocenters. The molecule has 98 valence electrons. The second kappa shape index (κ2) is 6.48. The molecule has 0 amide bonds. The lowest BCUT2D eigenvalue weighted by Gasteiger charge is -2.28. The molecule has 1 rings (SSSR count). The van der Waals surface area contributed by atoms with Crippen LogP contribution >= 0.6 is 0 Å². The maximum absolute atomic E-state index is 8.93. The summed E-state index contributed by atoms with van der Waals surface area (Å²) in [5.41, 5.74) is 6.20. The third-order valence-corrected chi connectivity index (χ3v) is 3.17. The van der Waals surface area contributed by atoms with Crippen molar-refractivity contribution in [1.82, 2.24) is 9.88 Å². The molecular formula is C14H22N4. The van der Waals surface area contributed by atoms with E-state index in [4.69, 9.17) is 11.0 Å². The first-order valence-electron chi connectivity index (χ1n) is 6.25. The lowest BCUT2D eigenvalue weighted by molar-refractivity contribution is 0.228. The second-order valence-corrected chi connectivity index (χ2v) is 5.13. The van der Waals surface area contributed by atoms with Crippen molar-refractivity contribution in [3.05, 3.63) is 30.1 Å². The summed E-state index contributed by atoms with van der Waals surface area (Å²) in [6, 6.07) is 8.37. The van der Waals surface area contributed by atoms with Crippen molar-refractivity contribution in [1.29, 1.82) is 5.26 Å². The van der Waals surface area contributed by atoms with E-state index in [1.165, 1.54) is 0 Å². The van der Waals surface area contributed by atoms with E-state index < -0.39 is 5.54 Å². The van der Waals surface area contributed by atoms with Gasteiger partial charge in [0, 0.05) is 30.9 Å². The van der Waals surface area contributed by atoms with Crippen LogP contribution in [0.5, 0.6) is 0 Å². The van der Waals surface area contributed by atoms with E-state index in [-0.39, 0.29) is 6.04 Å². The van der Waals surface area contributed by atoms with E-state index in [2.05, 4.69) is 29.9 Å². The quantitative estimate of drug-likeness (QED) is 0.827. The molecule has 0 spiro atoms. The van der Waals surface area contributed by atoms with Crippen LogP contribution in [-0.2, 0) is 6.42 Å². The molecule has 0 saturated carbocycles. The van der Waals surface area contributed by atoms with Crippen LogP contribution in [0.25, 0.3) is 0 Å². The number of hydrogen-bond acceptors (Lipinski definition) is 4. The van der Waals surface area contributed by atoms with Crippen molar-refractivity contribution in [2.45, 2.75) is 38.3 Å². The number of rotatable bonds is 6. The maximum atomic E-state index is 8.93. The Morgan fingerprint density at radius 3 is 2.83 bits per heavy atom. The molecule has 0 radical (unpaired) electrons. The highest BCUT2D eigenvalue weighted by molar-refractivity contribution is 5.05. The molecule has 0 aromatic carbocycles. The van der Waals surface area contributed by atoms with E-state index in [0.717, 1.165) is 18.7 Å². The molecule has 0 saturated heterocycles. The fraction of sp³-hybridized carbons (Fsp3) is 0.571. The number of nitrogens with zero attached hydrogens (tertiary/aromatic N) is 3. The van der Waals surface area contributed by atoms with Crippen molar-refractivity contribution < 1.29 is 0 Å². The Balaban J connectivity index is 2.41. The van der Waals surface area contributed by atoms with Gasteiger partial charge >= 0.3 is 0 Å². The first kappa shape index (κ1) is 14.6. The molecule has 1 aromatic heterocycles. The van der Waals surface area contributed by atoms with Crippen LogP contribution in [0.3, 0.4) is 0 Å². The standard InChI is InChI=1S/C14H22N4/c1-12(10-14(2,16)11-15)18(3)9-7-13-6-4-5-8-17-13/h4-6,8,12H,7,9-10,16H2,1-3H3. The van der Waals surface area contributed by atoms with Crippen LogP contribution in [-0.4, -0.2) is 35.1 Å². The highest BCUT2D eigenvalue weighted by atomic mass is 15.1. The third-order valence-electron chi connectivity index (χ3n) is 3.17. The van der Waals surface area contributed by atoms with Crippen LogP contribution in [0.2, 0.25) is 0 Å². The van der Waals surface area contributed by atoms with Crippen LogP contribution < -0.4 is 5.73 Å². The molecule has 0 aliphatic heterocycles. The summed E-state index contributed by atoms with van der Waals surface area (Å²) in [4.78, 5) is 6.52. The number of nitrogens with two attached hydrogens (primary N) is 1.